The Morgan fingerprint density at radius 1 is 1.08 bits per heavy atom. The molecule has 0 saturated heterocycles. The zero-order chi connectivity index (χ0) is 26.0. The van der Waals surface area contributed by atoms with Crippen molar-refractivity contribution in [3.63, 3.8) is 0 Å². The minimum atomic E-state index is -1.14. The number of benzene rings is 2. The van der Waals surface area contributed by atoms with Crippen LogP contribution in [0.15, 0.2) is 65.7 Å². The summed E-state index contributed by atoms with van der Waals surface area (Å²) < 4.78 is 11.5. The zero-order valence-electron chi connectivity index (χ0n) is 21.2. The summed E-state index contributed by atoms with van der Waals surface area (Å²) in [6, 6.07) is 17.2. The van der Waals surface area contributed by atoms with Crippen molar-refractivity contribution in [1.82, 2.24) is 10.9 Å². The van der Waals surface area contributed by atoms with Crippen molar-refractivity contribution < 1.29 is 24.5 Å². The van der Waals surface area contributed by atoms with Crippen LogP contribution in [-0.2, 0) is 9.53 Å². The second kappa shape index (κ2) is 12.9. The molecule has 0 radical (unpaired) electrons. The molecule has 1 atom stereocenters. The first-order valence-electron chi connectivity index (χ1n) is 13.1. The van der Waals surface area contributed by atoms with Crippen LogP contribution in [0.2, 0.25) is 0 Å². The number of nitrogens with zero attached hydrogens (tertiary/aromatic N) is 1. The molecule has 1 saturated carbocycles. The van der Waals surface area contributed by atoms with Crippen LogP contribution >= 0.6 is 0 Å². The van der Waals surface area contributed by atoms with Crippen molar-refractivity contribution in [3.8, 4) is 5.75 Å². The number of rotatable bonds is 12. The van der Waals surface area contributed by atoms with Crippen molar-refractivity contribution in [2.24, 2.45) is 4.99 Å². The lowest BCUT2D eigenvalue weighted by molar-refractivity contribution is -0.128. The fourth-order valence-corrected chi connectivity index (χ4v) is 4.60. The molecule has 0 bridgehead atoms. The van der Waals surface area contributed by atoms with E-state index in [4.69, 9.17) is 19.6 Å². The number of ether oxygens (including phenoxy) is 2. The topological polar surface area (TPSA) is 112 Å². The molecule has 2 aromatic carbocycles. The van der Waals surface area contributed by atoms with Crippen molar-refractivity contribution >= 4 is 17.9 Å². The second-order valence-electron chi connectivity index (χ2n) is 9.80. The van der Waals surface area contributed by atoms with Gasteiger partial charge in [0.2, 0.25) is 5.90 Å². The van der Waals surface area contributed by atoms with Gasteiger partial charge < -0.3 is 19.7 Å². The van der Waals surface area contributed by atoms with Gasteiger partial charge >= 0.3 is 0 Å². The molecular weight excluding hydrogens is 470 g/mol. The van der Waals surface area contributed by atoms with E-state index >= 15 is 0 Å². The highest BCUT2D eigenvalue weighted by atomic mass is 16.5. The molecule has 8 heteroatoms. The van der Waals surface area contributed by atoms with E-state index in [1.165, 1.54) is 0 Å². The quantitative estimate of drug-likeness (QED) is 0.259. The molecule has 4 N–H and O–H groups in total. The number of hydrazine groups is 1. The summed E-state index contributed by atoms with van der Waals surface area (Å²) in [5.41, 5.74) is 5.60. The summed E-state index contributed by atoms with van der Waals surface area (Å²) in [5.74, 6) is 0.787. The molecule has 1 aliphatic heterocycles. The Labute approximate surface area is 218 Å². The number of aliphatic imine (C=N–C) groups is 1. The van der Waals surface area contributed by atoms with Gasteiger partial charge in [-0.3, -0.25) is 10.2 Å². The van der Waals surface area contributed by atoms with E-state index < -0.39 is 11.1 Å². The van der Waals surface area contributed by atoms with Crippen molar-refractivity contribution in [3.05, 3.63) is 71.8 Å². The predicted molar refractivity (Wildman–Crippen MR) is 143 cm³/mol. The third kappa shape index (κ3) is 7.41. The molecule has 0 aromatic heterocycles. The van der Waals surface area contributed by atoms with E-state index in [2.05, 4.69) is 10.9 Å². The highest BCUT2D eigenvalue weighted by molar-refractivity contribution is 6.00. The van der Waals surface area contributed by atoms with Crippen LogP contribution < -0.4 is 15.6 Å². The highest BCUT2D eigenvalue weighted by Crippen LogP contribution is 2.29. The Hall–Kier alpha value is -3.20. The third-order valence-electron chi connectivity index (χ3n) is 6.83. The number of hydrogen-bond acceptors (Lipinski definition) is 7. The van der Waals surface area contributed by atoms with Crippen molar-refractivity contribution in [2.45, 2.75) is 56.1 Å². The predicted octanol–water partition coefficient (Wildman–Crippen LogP) is 3.38. The second-order valence-corrected chi connectivity index (χ2v) is 9.80. The molecule has 1 fully saturated rings. The molecule has 0 unspecified atom stereocenters. The van der Waals surface area contributed by atoms with Crippen LogP contribution in [0.5, 0.6) is 5.75 Å². The van der Waals surface area contributed by atoms with Crippen LogP contribution in [0.1, 0.15) is 56.1 Å². The van der Waals surface area contributed by atoms with Crippen molar-refractivity contribution in [2.75, 3.05) is 26.4 Å². The van der Waals surface area contributed by atoms with Crippen LogP contribution in [0.4, 0.5) is 0 Å². The summed E-state index contributed by atoms with van der Waals surface area (Å²) in [6.07, 6.45) is 9.41. The number of carbonyl (C=O) groups is 1. The Balaban J connectivity index is 1.46. The molecule has 8 nitrogen and oxygen atoms in total. The number of amides is 1. The number of aliphatic hydroxyl groups is 2. The monoisotopic (exact) mass is 507 g/mol. The molecule has 1 aliphatic carbocycles. The normalized spacial score (nSPS) is 20.9. The van der Waals surface area contributed by atoms with Gasteiger partial charge in [0.25, 0.3) is 5.91 Å². The van der Waals surface area contributed by atoms with Gasteiger partial charge in [-0.05, 0) is 42.7 Å². The summed E-state index contributed by atoms with van der Waals surface area (Å²) in [4.78, 5) is 18.2. The third-order valence-corrected chi connectivity index (χ3v) is 6.83. The fraction of sp³-hybridized carbons (Fsp3) is 0.448. The van der Waals surface area contributed by atoms with Gasteiger partial charge in [0.1, 0.15) is 12.4 Å². The minimum Gasteiger partial charge on any atom is -0.494 e. The van der Waals surface area contributed by atoms with E-state index in [0.717, 1.165) is 43.2 Å². The minimum absolute atomic E-state index is 0.0831. The number of aliphatic hydroxyl groups excluding tert-OH is 1. The molecule has 4 rings (SSSR count). The lowest BCUT2D eigenvalue weighted by Gasteiger charge is -2.32. The maximum Gasteiger partial charge on any atom is 0.266 e. The summed E-state index contributed by atoms with van der Waals surface area (Å²) in [7, 11) is 0. The molecule has 1 amide bonds. The Kier molecular flexibility index (Phi) is 9.33. The Morgan fingerprint density at radius 2 is 1.84 bits per heavy atom. The SMILES string of the molecule is O=C(NNCC1(O)CCCCC1)[C@]1(C/C=C/c2ccccc2)COC(c2ccc(OCCCO)cc2)=N1. The van der Waals surface area contributed by atoms with Crippen LogP contribution in [-0.4, -0.2) is 59.5 Å². The molecule has 198 valence electrons. The summed E-state index contributed by atoms with van der Waals surface area (Å²) >= 11 is 0. The lowest BCUT2D eigenvalue weighted by atomic mass is 9.85. The number of hydrogen-bond donors (Lipinski definition) is 4. The fourth-order valence-electron chi connectivity index (χ4n) is 4.60. The van der Waals surface area contributed by atoms with Crippen molar-refractivity contribution in [1.29, 1.82) is 0 Å². The van der Waals surface area contributed by atoms with Crippen LogP contribution in [0.25, 0.3) is 6.08 Å². The smallest absolute Gasteiger partial charge is 0.266 e. The zero-order valence-corrected chi connectivity index (χ0v) is 21.2. The molecular formula is C29H37N3O5. The number of nitrogens with one attached hydrogen (secondary N) is 2. The summed E-state index contributed by atoms with van der Waals surface area (Å²) in [5, 5.41) is 19.7. The van der Waals surface area contributed by atoms with Crippen LogP contribution in [0, 0.1) is 0 Å². The molecule has 37 heavy (non-hydrogen) atoms. The molecule has 2 aromatic rings. The first-order valence-corrected chi connectivity index (χ1v) is 13.1. The van der Waals surface area contributed by atoms with Gasteiger partial charge in [-0.1, -0.05) is 61.7 Å². The van der Waals surface area contributed by atoms with Gasteiger partial charge in [-0.25, -0.2) is 10.4 Å². The van der Waals surface area contributed by atoms with Gasteiger partial charge in [-0.15, -0.1) is 0 Å². The standard InChI is InChI=1S/C29H37N3O5/c33-19-8-20-36-25-14-12-24(13-15-25)26-31-29(22-37-26,18-7-11-23-9-3-1-4-10-23)27(34)32-30-21-28(35)16-5-2-6-17-28/h1,3-4,7,9-15,30,33,35H,2,5-6,8,16-22H2,(H,32,34)/b11-7+/t29-/m0/s1. The van der Waals surface area contributed by atoms with Gasteiger partial charge in [-0.2, -0.15) is 0 Å². The Morgan fingerprint density at radius 3 is 2.57 bits per heavy atom. The van der Waals surface area contributed by atoms with E-state index in [0.29, 0.717) is 37.6 Å². The molecule has 2 aliphatic rings. The van der Waals surface area contributed by atoms with E-state index in [1.807, 2.05) is 66.7 Å². The van der Waals surface area contributed by atoms with Gasteiger partial charge in [0.05, 0.1) is 12.2 Å². The average molecular weight is 508 g/mol. The largest absolute Gasteiger partial charge is 0.494 e. The van der Waals surface area contributed by atoms with Gasteiger partial charge in [0, 0.05) is 31.6 Å². The first kappa shape index (κ1) is 26.9. The maximum atomic E-state index is 13.4. The summed E-state index contributed by atoms with van der Waals surface area (Å²) in [6.45, 7) is 0.921. The first-order chi connectivity index (χ1) is 18.0. The number of carbonyl (C=O) groups excluding carboxylic acids is 1. The maximum absolute atomic E-state index is 13.4. The molecule has 0 spiro atoms. The highest BCUT2D eigenvalue weighted by Gasteiger charge is 2.43. The average Bonchev–Trinajstić information content (AvgIpc) is 3.36. The lowest BCUT2D eigenvalue weighted by Crippen LogP contribution is -2.55. The van der Waals surface area contributed by atoms with E-state index in [9.17, 15) is 9.90 Å². The van der Waals surface area contributed by atoms with E-state index in [1.54, 1.807) is 0 Å². The molecule has 1 heterocycles. The Bertz CT molecular complexity index is 1060. The van der Waals surface area contributed by atoms with E-state index in [-0.39, 0.29) is 19.1 Å². The van der Waals surface area contributed by atoms with Crippen LogP contribution in [0.3, 0.4) is 0 Å². The van der Waals surface area contributed by atoms with Gasteiger partial charge in [0.15, 0.2) is 5.54 Å².